The molecule has 0 spiro atoms. The fourth-order valence-electron chi connectivity index (χ4n) is 6.45. The maximum absolute atomic E-state index is 13.5. The van der Waals surface area contributed by atoms with E-state index < -0.39 is 47.7 Å². The second-order valence-corrected chi connectivity index (χ2v) is 14.0. The molecule has 3 N–H and O–H groups in total. The minimum absolute atomic E-state index is 0.0281. The van der Waals surface area contributed by atoms with E-state index in [1.54, 1.807) is 56.3 Å². The first-order chi connectivity index (χ1) is 28.4. The lowest BCUT2D eigenvalue weighted by atomic mass is 9.90. The van der Waals surface area contributed by atoms with Crippen molar-refractivity contribution in [3.63, 3.8) is 0 Å². The largest absolute Gasteiger partial charge is 0.493 e. The highest BCUT2D eigenvalue weighted by molar-refractivity contribution is 6.00. The Hall–Kier alpha value is -5.99. The molecule has 4 amide bonds. The molecule has 3 rings (SSSR count). The number of nitrogens with zero attached hydrogens (tertiary/aromatic N) is 1. The molecule has 1 heterocycles. The molecule has 0 saturated heterocycles. The fraction of sp³-hybridized carbons (Fsp3) is 0.477. The molecule has 59 heavy (non-hydrogen) atoms. The summed E-state index contributed by atoms with van der Waals surface area (Å²) >= 11 is 0. The number of hydrogen-bond donors (Lipinski definition) is 3. The van der Waals surface area contributed by atoms with E-state index in [0.29, 0.717) is 44.1 Å². The average molecular weight is 819 g/mol. The molecule has 1 aromatic heterocycles. The van der Waals surface area contributed by atoms with Crippen LogP contribution >= 0.6 is 0 Å². The van der Waals surface area contributed by atoms with Crippen LogP contribution in [0.2, 0.25) is 0 Å². The molecule has 15 heteroatoms. The van der Waals surface area contributed by atoms with Crippen LogP contribution in [0.3, 0.4) is 0 Å². The van der Waals surface area contributed by atoms with Gasteiger partial charge in [-0.15, -0.1) is 0 Å². The molecule has 0 fully saturated rings. The summed E-state index contributed by atoms with van der Waals surface area (Å²) in [6, 6.07) is 14.7. The van der Waals surface area contributed by atoms with Crippen LogP contribution in [0, 0.1) is 11.8 Å². The van der Waals surface area contributed by atoms with E-state index in [0.717, 1.165) is 23.5 Å². The first kappa shape index (κ1) is 47.4. The fourth-order valence-corrected chi connectivity index (χ4v) is 6.45. The molecule has 2 aromatic carbocycles. The highest BCUT2D eigenvalue weighted by Gasteiger charge is 2.34. The molecule has 0 aliphatic rings. The lowest BCUT2D eigenvalue weighted by molar-refractivity contribution is -0.208. The van der Waals surface area contributed by atoms with Gasteiger partial charge < -0.3 is 34.7 Å². The lowest BCUT2D eigenvalue weighted by Crippen LogP contribution is -2.49. The quantitative estimate of drug-likeness (QED) is 0.0270. The number of ketones is 1. The third-order valence-electron chi connectivity index (χ3n) is 9.74. The van der Waals surface area contributed by atoms with Crippen molar-refractivity contribution in [3.05, 3.63) is 77.6 Å². The Morgan fingerprint density at radius 3 is 2.19 bits per heavy atom. The van der Waals surface area contributed by atoms with Gasteiger partial charge in [-0.05, 0) is 69.4 Å². The van der Waals surface area contributed by atoms with Crippen molar-refractivity contribution in [2.24, 2.45) is 11.8 Å². The molecule has 0 aliphatic heterocycles. The number of furan rings is 1. The van der Waals surface area contributed by atoms with Gasteiger partial charge in [-0.2, -0.15) is 5.06 Å². The molecule has 3 atom stereocenters. The summed E-state index contributed by atoms with van der Waals surface area (Å²) in [5.74, 6) is -3.98. The maximum atomic E-state index is 13.5. The van der Waals surface area contributed by atoms with Crippen LogP contribution in [0.4, 0.5) is 0 Å². The number of carbonyl (C=O) groups excluding carboxylic acids is 7. The average Bonchev–Trinajstić information content (AvgIpc) is 3.73. The number of benzene rings is 2. The number of unbranched alkanes of at least 4 members (excludes halogenated alkanes) is 2. The summed E-state index contributed by atoms with van der Waals surface area (Å²) in [7, 11) is 0. The van der Waals surface area contributed by atoms with Crippen molar-refractivity contribution in [2.75, 3.05) is 13.3 Å². The zero-order valence-corrected chi connectivity index (χ0v) is 34.9. The summed E-state index contributed by atoms with van der Waals surface area (Å²) in [4.78, 5) is 95.3. The molecule has 0 bridgehead atoms. The standard InChI is InChI=1S/C44H58N4O11/c1-7-12-14-19-33(36(10-4)48(28-49)59-43(54)31(8-2)9-3)40(51)45-27-46-42(53)38-23-22-37(58-38)32-20-21-34(39(25-32)56-11-5)41(52)47-35(24-29(6)50)44(55)57-26-30-17-15-13-16-18-30/h13,15-18,20-23,25,28,31,33,35-36H,7-12,14,19,24,26-27H2,1-6H3,(H,45,51)(H,46,53)(H,47,52)/t33-,35+,36-/m1/s1. The number of ether oxygens (including phenoxy) is 2. The molecule has 0 unspecified atom stereocenters. The number of nitrogens with one attached hydrogen (secondary N) is 3. The number of hydrogen-bond acceptors (Lipinski definition) is 11. The van der Waals surface area contributed by atoms with Crippen LogP contribution in [0.25, 0.3) is 11.3 Å². The number of Topliss-reactive ketones (excluding diaryl/α,β-unsaturated/α-hetero) is 1. The molecule has 0 saturated carbocycles. The van der Waals surface area contributed by atoms with E-state index in [9.17, 15) is 33.6 Å². The Bertz CT molecular complexity index is 1860. The summed E-state index contributed by atoms with van der Waals surface area (Å²) < 4.78 is 17.0. The van der Waals surface area contributed by atoms with Crippen molar-refractivity contribution in [2.45, 2.75) is 112 Å². The van der Waals surface area contributed by atoms with Crippen LogP contribution in [-0.4, -0.2) is 72.3 Å². The SMILES string of the molecule is CCCCC[C@@H](C(=O)NCNC(=O)c1ccc(-c2ccc(C(=O)N[C@@H](CC(C)=O)C(=O)OCc3ccccc3)c(OCC)c2)o1)[C@@H](CC)N(C=O)OC(=O)C(CC)CC. The highest BCUT2D eigenvalue weighted by atomic mass is 16.7. The Labute approximate surface area is 345 Å². The van der Waals surface area contributed by atoms with Crippen molar-refractivity contribution in [3.8, 4) is 17.1 Å². The predicted molar refractivity (Wildman–Crippen MR) is 218 cm³/mol. The van der Waals surface area contributed by atoms with Gasteiger partial charge in [-0.25, -0.2) is 9.59 Å². The maximum Gasteiger partial charge on any atom is 0.335 e. The Morgan fingerprint density at radius 2 is 1.56 bits per heavy atom. The monoisotopic (exact) mass is 818 g/mol. The third-order valence-corrected chi connectivity index (χ3v) is 9.74. The van der Waals surface area contributed by atoms with Crippen molar-refractivity contribution >= 4 is 41.9 Å². The van der Waals surface area contributed by atoms with Gasteiger partial charge in [0.05, 0.1) is 36.7 Å². The zero-order chi connectivity index (χ0) is 43.3. The van der Waals surface area contributed by atoms with Crippen molar-refractivity contribution in [1.82, 2.24) is 21.0 Å². The first-order valence-electron chi connectivity index (χ1n) is 20.3. The van der Waals surface area contributed by atoms with Gasteiger partial charge in [0, 0.05) is 12.0 Å². The predicted octanol–water partition coefficient (Wildman–Crippen LogP) is 6.30. The molecular formula is C44H58N4O11. The van der Waals surface area contributed by atoms with Crippen molar-refractivity contribution < 1.29 is 52.3 Å². The second-order valence-electron chi connectivity index (χ2n) is 14.0. The lowest BCUT2D eigenvalue weighted by Gasteiger charge is -2.32. The van der Waals surface area contributed by atoms with Crippen LogP contribution in [0.15, 0.2) is 65.1 Å². The number of amides is 4. The zero-order valence-electron chi connectivity index (χ0n) is 34.9. The van der Waals surface area contributed by atoms with Crippen LogP contribution < -0.4 is 20.7 Å². The summed E-state index contributed by atoms with van der Waals surface area (Å²) in [6.45, 7) is 10.5. The topological polar surface area (TPSA) is 200 Å². The van der Waals surface area contributed by atoms with E-state index in [2.05, 4.69) is 16.0 Å². The highest BCUT2D eigenvalue weighted by Crippen LogP contribution is 2.30. The van der Waals surface area contributed by atoms with Gasteiger partial charge in [0.1, 0.15) is 29.9 Å². The second kappa shape index (κ2) is 24.7. The van der Waals surface area contributed by atoms with Gasteiger partial charge >= 0.3 is 11.9 Å². The van der Waals surface area contributed by atoms with Gasteiger partial charge in [0.25, 0.3) is 11.8 Å². The minimum Gasteiger partial charge on any atom is -0.493 e. The molecule has 320 valence electrons. The summed E-state index contributed by atoms with van der Waals surface area (Å²) in [5, 5.41) is 8.90. The number of carbonyl (C=O) groups is 7. The number of hydroxylamine groups is 2. The van der Waals surface area contributed by atoms with E-state index in [4.69, 9.17) is 18.7 Å². The molecular weight excluding hydrogens is 761 g/mol. The van der Waals surface area contributed by atoms with Gasteiger partial charge in [0.2, 0.25) is 12.3 Å². The molecule has 0 radical (unpaired) electrons. The molecule has 15 nitrogen and oxygen atoms in total. The Kier molecular flexibility index (Phi) is 19.8. The van der Waals surface area contributed by atoms with E-state index >= 15 is 0 Å². The molecule has 3 aromatic rings. The normalized spacial score (nSPS) is 12.4. The Morgan fingerprint density at radius 1 is 0.831 bits per heavy atom. The Balaban J connectivity index is 1.69. The first-order valence-corrected chi connectivity index (χ1v) is 20.3. The minimum atomic E-state index is -1.23. The van der Waals surface area contributed by atoms with Gasteiger partial charge in [0.15, 0.2) is 5.76 Å². The van der Waals surface area contributed by atoms with Gasteiger partial charge in [-0.3, -0.25) is 24.0 Å². The van der Waals surface area contributed by atoms with E-state index in [-0.39, 0.29) is 60.8 Å². The van der Waals surface area contributed by atoms with Gasteiger partial charge in [-0.1, -0.05) is 83.4 Å². The van der Waals surface area contributed by atoms with Crippen LogP contribution in [-0.2, 0) is 40.2 Å². The number of esters is 1. The van der Waals surface area contributed by atoms with Crippen LogP contribution in [0.1, 0.15) is 119 Å². The third kappa shape index (κ3) is 14.4. The van der Waals surface area contributed by atoms with Crippen LogP contribution in [0.5, 0.6) is 5.75 Å². The summed E-state index contributed by atoms with van der Waals surface area (Å²) in [6.07, 6.45) is 4.54. The molecule has 0 aliphatic carbocycles. The smallest absolute Gasteiger partial charge is 0.335 e. The summed E-state index contributed by atoms with van der Waals surface area (Å²) in [5.41, 5.74) is 1.32. The van der Waals surface area contributed by atoms with Crippen molar-refractivity contribution in [1.29, 1.82) is 0 Å². The van der Waals surface area contributed by atoms with E-state index in [1.807, 2.05) is 26.8 Å². The van der Waals surface area contributed by atoms with E-state index in [1.165, 1.54) is 19.1 Å². The number of rotatable bonds is 26.